The van der Waals surface area contributed by atoms with Gasteiger partial charge in [0.1, 0.15) is 6.04 Å². The van der Waals surface area contributed by atoms with Crippen LogP contribution >= 0.6 is 11.8 Å². The molecular formula is C15H24N2O3S. The summed E-state index contributed by atoms with van der Waals surface area (Å²) in [5.41, 5.74) is -0.0682. The summed E-state index contributed by atoms with van der Waals surface area (Å²) in [7, 11) is 0. The van der Waals surface area contributed by atoms with Crippen molar-refractivity contribution in [2.45, 2.75) is 50.1 Å². The number of carboxylic acid groups (broad SMARTS) is 1. The Labute approximate surface area is 129 Å². The summed E-state index contributed by atoms with van der Waals surface area (Å²) in [6.07, 6.45) is 9.05. The number of hydrogen-bond acceptors (Lipinski definition) is 3. The predicted octanol–water partition coefficient (Wildman–Crippen LogP) is 2.07. The largest absolute Gasteiger partial charge is 0.480 e. The van der Waals surface area contributed by atoms with Gasteiger partial charge in [0.2, 0.25) is 0 Å². The van der Waals surface area contributed by atoms with E-state index in [1.54, 1.807) is 0 Å². The molecule has 1 atom stereocenters. The lowest BCUT2D eigenvalue weighted by atomic mass is 9.53. The Bertz CT molecular complexity index is 405. The van der Waals surface area contributed by atoms with Crippen LogP contribution < -0.4 is 10.6 Å². The monoisotopic (exact) mass is 312 g/mol. The van der Waals surface area contributed by atoms with Crippen molar-refractivity contribution in [2.24, 2.45) is 17.8 Å². The van der Waals surface area contributed by atoms with Gasteiger partial charge in [-0.3, -0.25) is 0 Å². The number of carboxylic acids is 1. The molecule has 4 saturated carbocycles. The van der Waals surface area contributed by atoms with Crippen LogP contribution in [0.1, 0.15) is 38.5 Å². The molecule has 0 radical (unpaired) electrons. The molecule has 4 rings (SSSR count). The van der Waals surface area contributed by atoms with E-state index in [9.17, 15) is 9.59 Å². The number of aliphatic carboxylic acids is 1. The van der Waals surface area contributed by atoms with Crippen molar-refractivity contribution in [3.05, 3.63) is 0 Å². The predicted molar refractivity (Wildman–Crippen MR) is 82.4 cm³/mol. The summed E-state index contributed by atoms with van der Waals surface area (Å²) < 4.78 is 0. The van der Waals surface area contributed by atoms with Gasteiger partial charge in [0.05, 0.1) is 0 Å². The number of nitrogens with one attached hydrogen (secondary N) is 2. The van der Waals surface area contributed by atoms with Gasteiger partial charge >= 0.3 is 12.0 Å². The molecule has 3 N–H and O–H groups in total. The molecule has 5 nitrogen and oxygen atoms in total. The van der Waals surface area contributed by atoms with E-state index in [2.05, 4.69) is 10.6 Å². The van der Waals surface area contributed by atoms with Gasteiger partial charge in [0.25, 0.3) is 0 Å². The number of amides is 2. The summed E-state index contributed by atoms with van der Waals surface area (Å²) in [5.74, 6) is 1.71. The topological polar surface area (TPSA) is 78.4 Å². The highest BCUT2D eigenvalue weighted by Gasteiger charge is 2.51. The molecule has 6 heteroatoms. The minimum absolute atomic E-state index is 0.0682. The Hall–Kier alpha value is -0.910. The highest BCUT2D eigenvalue weighted by atomic mass is 32.2. The molecule has 0 saturated heterocycles. The van der Waals surface area contributed by atoms with Crippen molar-refractivity contribution < 1.29 is 14.7 Å². The van der Waals surface area contributed by atoms with Crippen LogP contribution in [0.5, 0.6) is 0 Å². The first-order valence-corrected chi connectivity index (χ1v) is 9.19. The second-order valence-electron chi connectivity index (χ2n) is 7.14. The Balaban J connectivity index is 1.61. The second kappa shape index (κ2) is 5.71. The van der Waals surface area contributed by atoms with Gasteiger partial charge in [0, 0.05) is 11.3 Å². The van der Waals surface area contributed by atoms with E-state index in [-0.39, 0.29) is 11.6 Å². The fraction of sp³-hybridized carbons (Fsp3) is 0.867. The second-order valence-corrected chi connectivity index (χ2v) is 8.05. The van der Waals surface area contributed by atoms with Gasteiger partial charge in [-0.2, -0.15) is 11.8 Å². The van der Waals surface area contributed by atoms with E-state index >= 15 is 0 Å². The summed E-state index contributed by atoms with van der Waals surface area (Å²) in [5, 5.41) is 14.9. The van der Waals surface area contributed by atoms with Gasteiger partial charge in [-0.25, -0.2) is 9.59 Å². The molecule has 4 aliphatic rings. The van der Waals surface area contributed by atoms with E-state index < -0.39 is 12.0 Å². The number of carbonyl (C=O) groups is 2. The normalized spacial score (nSPS) is 38.0. The van der Waals surface area contributed by atoms with E-state index in [1.165, 1.54) is 31.0 Å². The van der Waals surface area contributed by atoms with Crippen LogP contribution in [0, 0.1) is 17.8 Å². The molecule has 4 fully saturated rings. The first-order valence-electron chi connectivity index (χ1n) is 7.80. The molecule has 118 valence electrons. The van der Waals surface area contributed by atoms with Crippen LogP contribution in [0.2, 0.25) is 0 Å². The van der Waals surface area contributed by atoms with Gasteiger partial charge in [-0.1, -0.05) is 0 Å². The van der Waals surface area contributed by atoms with Gasteiger partial charge in [-0.15, -0.1) is 0 Å². The lowest BCUT2D eigenvalue weighted by Gasteiger charge is -2.56. The lowest BCUT2D eigenvalue weighted by Crippen LogP contribution is -2.62. The van der Waals surface area contributed by atoms with Crippen molar-refractivity contribution in [3.63, 3.8) is 0 Å². The van der Waals surface area contributed by atoms with Crippen molar-refractivity contribution >= 4 is 23.8 Å². The maximum Gasteiger partial charge on any atom is 0.327 e. The van der Waals surface area contributed by atoms with Crippen LogP contribution in [0.15, 0.2) is 0 Å². The SMILES string of the molecule is CSCC(NC(=O)NC12CC3CC(CC(C3)C1)C2)C(=O)O. The van der Waals surface area contributed by atoms with E-state index in [0.29, 0.717) is 5.75 Å². The molecule has 0 aromatic carbocycles. The number of hydrogen-bond donors (Lipinski definition) is 3. The molecular weight excluding hydrogens is 288 g/mol. The molecule has 4 bridgehead atoms. The van der Waals surface area contributed by atoms with Crippen molar-refractivity contribution in [1.82, 2.24) is 10.6 Å². The van der Waals surface area contributed by atoms with Crippen molar-refractivity contribution in [1.29, 1.82) is 0 Å². The highest BCUT2D eigenvalue weighted by molar-refractivity contribution is 7.98. The Morgan fingerprint density at radius 2 is 1.71 bits per heavy atom. The number of thioether (sulfide) groups is 1. The Kier molecular flexibility index (Phi) is 4.08. The third kappa shape index (κ3) is 3.15. The fourth-order valence-electron chi connectivity index (χ4n) is 5.04. The van der Waals surface area contributed by atoms with Gasteiger partial charge < -0.3 is 15.7 Å². The summed E-state index contributed by atoms with van der Waals surface area (Å²) in [6.45, 7) is 0. The molecule has 0 spiro atoms. The molecule has 0 aliphatic heterocycles. The Morgan fingerprint density at radius 1 is 1.19 bits per heavy atom. The maximum absolute atomic E-state index is 12.2. The zero-order chi connectivity index (χ0) is 15.0. The third-order valence-electron chi connectivity index (χ3n) is 5.35. The number of rotatable bonds is 5. The van der Waals surface area contributed by atoms with Gasteiger partial charge in [-0.05, 0) is 62.5 Å². The first kappa shape index (κ1) is 15.0. The van der Waals surface area contributed by atoms with Gasteiger partial charge in [0.15, 0.2) is 0 Å². The number of carbonyl (C=O) groups excluding carboxylic acids is 1. The van der Waals surface area contributed by atoms with E-state index in [4.69, 9.17) is 5.11 Å². The molecule has 0 aromatic heterocycles. The van der Waals surface area contributed by atoms with E-state index in [1.807, 2.05) is 6.26 Å². The molecule has 0 aromatic rings. The number of urea groups is 1. The third-order valence-corrected chi connectivity index (χ3v) is 6.02. The minimum atomic E-state index is -0.968. The van der Waals surface area contributed by atoms with Crippen molar-refractivity contribution in [3.8, 4) is 0 Å². The first-order chi connectivity index (χ1) is 9.99. The maximum atomic E-state index is 12.2. The van der Waals surface area contributed by atoms with Crippen molar-refractivity contribution in [2.75, 3.05) is 12.0 Å². The Morgan fingerprint density at radius 3 is 2.14 bits per heavy atom. The fourth-order valence-corrected chi connectivity index (χ4v) is 5.60. The molecule has 0 heterocycles. The molecule has 1 unspecified atom stereocenters. The van der Waals surface area contributed by atoms with Crippen LogP contribution in [0.3, 0.4) is 0 Å². The van der Waals surface area contributed by atoms with Crippen LogP contribution in [-0.2, 0) is 4.79 Å². The summed E-state index contributed by atoms with van der Waals surface area (Å²) >= 11 is 1.43. The lowest BCUT2D eigenvalue weighted by molar-refractivity contribution is -0.138. The molecule has 4 aliphatic carbocycles. The standard InChI is InChI=1S/C15H24N2O3S/c1-21-8-12(13(18)19)16-14(20)17-15-5-9-2-10(6-15)4-11(3-9)7-15/h9-12H,2-8H2,1H3,(H,18,19)(H2,16,17,20). The quantitative estimate of drug-likeness (QED) is 0.726. The summed E-state index contributed by atoms with van der Waals surface area (Å²) in [4.78, 5) is 23.4. The summed E-state index contributed by atoms with van der Waals surface area (Å²) in [6, 6.07) is -1.12. The highest BCUT2D eigenvalue weighted by Crippen LogP contribution is 2.55. The smallest absolute Gasteiger partial charge is 0.327 e. The minimum Gasteiger partial charge on any atom is -0.480 e. The van der Waals surface area contributed by atoms with Crippen LogP contribution in [0.4, 0.5) is 4.79 Å². The van der Waals surface area contributed by atoms with Crippen LogP contribution in [-0.4, -0.2) is 40.7 Å². The molecule has 2 amide bonds. The average Bonchev–Trinajstić information content (AvgIpc) is 2.35. The van der Waals surface area contributed by atoms with E-state index in [0.717, 1.165) is 37.0 Å². The molecule has 21 heavy (non-hydrogen) atoms. The average molecular weight is 312 g/mol. The zero-order valence-electron chi connectivity index (χ0n) is 12.4. The zero-order valence-corrected chi connectivity index (χ0v) is 13.2. The van der Waals surface area contributed by atoms with Crippen LogP contribution in [0.25, 0.3) is 0 Å².